The van der Waals surface area contributed by atoms with Gasteiger partial charge in [-0.2, -0.15) is 0 Å². The summed E-state index contributed by atoms with van der Waals surface area (Å²) in [6.45, 7) is 8.41. The van der Waals surface area contributed by atoms with Crippen LogP contribution in [0.5, 0.6) is 5.75 Å². The van der Waals surface area contributed by atoms with Gasteiger partial charge >= 0.3 is 0 Å². The third kappa shape index (κ3) is 3.92. The molecular formula is C23H25FN4O3S. The van der Waals surface area contributed by atoms with Crippen LogP contribution in [-0.2, 0) is 6.42 Å². The molecule has 1 amide bonds. The summed E-state index contributed by atoms with van der Waals surface area (Å²) in [4.78, 5) is 27.7. The van der Waals surface area contributed by atoms with E-state index >= 15 is 0 Å². The molecule has 0 saturated carbocycles. The Morgan fingerprint density at radius 1 is 1.16 bits per heavy atom. The molecule has 9 heteroatoms. The van der Waals surface area contributed by atoms with Crippen LogP contribution < -0.4 is 5.43 Å². The van der Waals surface area contributed by atoms with Gasteiger partial charge in [-0.1, -0.05) is 37.3 Å². The van der Waals surface area contributed by atoms with Gasteiger partial charge < -0.3 is 14.6 Å². The van der Waals surface area contributed by atoms with Crippen molar-refractivity contribution in [2.75, 3.05) is 6.54 Å². The second-order valence-corrected chi connectivity index (χ2v) is 9.71. The van der Waals surface area contributed by atoms with Gasteiger partial charge in [0.1, 0.15) is 10.8 Å². The Morgan fingerprint density at radius 3 is 2.47 bits per heavy atom. The molecule has 1 aliphatic heterocycles. The number of carbonyl (C=O) groups excluding carboxylic acids is 1. The number of nitrogens with zero attached hydrogens (tertiary/aromatic N) is 4. The molecule has 3 aromatic rings. The van der Waals surface area contributed by atoms with Crippen molar-refractivity contribution in [2.45, 2.75) is 46.2 Å². The first-order chi connectivity index (χ1) is 15.2. The predicted molar refractivity (Wildman–Crippen MR) is 121 cm³/mol. The van der Waals surface area contributed by atoms with Crippen LogP contribution in [0.15, 0.2) is 35.3 Å². The number of hydrogen-bond acceptors (Lipinski definition) is 6. The zero-order valence-electron chi connectivity index (χ0n) is 18.4. The van der Waals surface area contributed by atoms with Gasteiger partial charge in [-0.25, -0.2) is 4.39 Å². The fraction of sp³-hybridized carbons (Fsp3) is 0.391. The highest BCUT2D eigenvalue weighted by atomic mass is 32.1. The van der Waals surface area contributed by atoms with E-state index in [1.807, 2.05) is 27.7 Å². The number of carbonyl (C=O) groups is 1. The molecule has 0 radical (unpaired) electrons. The number of benzene rings is 1. The van der Waals surface area contributed by atoms with Crippen molar-refractivity contribution in [3.05, 3.63) is 62.8 Å². The highest BCUT2D eigenvalue weighted by molar-refractivity contribution is 7.14. The van der Waals surface area contributed by atoms with Gasteiger partial charge in [0.15, 0.2) is 16.5 Å². The van der Waals surface area contributed by atoms with E-state index in [1.165, 1.54) is 23.5 Å². The van der Waals surface area contributed by atoms with Crippen LogP contribution in [0.25, 0.3) is 10.6 Å². The third-order valence-corrected chi connectivity index (χ3v) is 6.73. The number of aromatic nitrogens is 3. The predicted octanol–water partition coefficient (Wildman–Crippen LogP) is 3.86. The molecule has 3 heterocycles. The molecule has 0 saturated heterocycles. The average molecular weight is 457 g/mol. The molecule has 0 aliphatic carbocycles. The molecule has 0 spiro atoms. The van der Waals surface area contributed by atoms with Crippen LogP contribution in [0.3, 0.4) is 0 Å². The lowest BCUT2D eigenvalue weighted by atomic mass is 9.98. The summed E-state index contributed by atoms with van der Waals surface area (Å²) < 4.78 is 14.9. The van der Waals surface area contributed by atoms with Crippen molar-refractivity contribution >= 4 is 17.2 Å². The topological polar surface area (TPSA) is 88.3 Å². The normalized spacial score (nSPS) is 16.2. The SMILES string of the molecule is CC(C)[C@H]1CN(C(C)C)C(=O)c2c(O)c(=O)c(-c3nnc(Cc4ccc(F)cc4)s3)cn21. The monoisotopic (exact) mass is 456 g/mol. The van der Waals surface area contributed by atoms with Gasteiger partial charge in [-0.3, -0.25) is 9.59 Å². The summed E-state index contributed by atoms with van der Waals surface area (Å²) in [6.07, 6.45) is 2.08. The highest BCUT2D eigenvalue weighted by Crippen LogP contribution is 2.34. The first kappa shape index (κ1) is 22.1. The van der Waals surface area contributed by atoms with Crippen molar-refractivity contribution in [1.82, 2.24) is 19.7 Å². The summed E-state index contributed by atoms with van der Waals surface area (Å²) in [5.74, 6) is -1.05. The molecule has 1 aromatic carbocycles. The number of rotatable bonds is 5. The molecule has 7 nitrogen and oxygen atoms in total. The molecule has 0 bridgehead atoms. The van der Waals surface area contributed by atoms with Crippen LogP contribution in [-0.4, -0.2) is 43.3 Å². The van der Waals surface area contributed by atoms with Crippen molar-refractivity contribution < 1.29 is 14.3 Å². The Kier molecular flexibility index (Phi) is 5.85. The maximum absolute atomic E-state index is 13.1. The molecule has 4 rings (SSSR count). The second-order valence-electron chi connectivity index (χ2n) is 8.64. The molecule has 32 heavy (non-hydrogen) atoms. The molecule has 1 atom stereocenters. The minimum absolute atomic E-state index is 0.0217. The van der Waals surface area contributed by atoms with E-state index in [2.05, 4.69) is 10.2 Å². The van der Waals surface area contributed by atoms with E-state index < -0.39 is 11.2 Å². The number of aromatic hydroxyl groups is 1. The van der Waals surface area contributed by atoms with E-state index in [-0.39, 0.29) is 41.0 Å². The molecule has 0 fully saturated rings. The Morgan fingerprint density at radius 2 is 1.84 bits per heavy atom. The average Bonchev–Trinajstić information content (AvgIpc) is 3.20. The first-order valence-corrected chi connectivity index (χ1v) is 11.3. The van der Waals surface area contributed by atoms with Crippen molar-refractivity contribution in [1.29, 1.82) is 0 Å². The highest BCUT2D eigenvalue weighted by Gasteiger charge is 2.37. The summed E-state index contributed by atoms with van der Waals surface area (Å²) in [5, 5.41) is 20.1. The van der Waals surface area contributed by atoms with E-state index in [0.29, 0.717) is 23.0 Å². The van der Waals surface area contributed by atoms with Gasteiger partial charge in [0.05, 0.1) is 11.6 Å². The number of pyridine rings is 1. The zero-order valence-corrected chi connectivity index (χ0v) is 19.2. The summed E-state index contributed by atoms with van der Waals surface area (Å²) in [6, 6.07) is 5.97. The Balaban J connectivity index is 1.76. The molecule has 1 aliphatic rings. The lowest BCUT2D eigenvalue weighted by Gasteiger charge is -2.40. The molecule has 2 aromatic heterocycles. The van der Waals surface area contributed by atoms with Crippen molar-refractivity contribution in [2.24, 2.45) is 5.92 Å². The summed E-state index contributed by atoms with van der Waals surface area (Å²) in [5.41, 5.74) is 0.472. The van der Waals surface area contributed by atoms with Gasteiger partial charge in [0.25, 0.3) is 5.91 Å². The molecule has 168 valence electrons. The fourth-order valence-corrected chi connectivity index (χ4v) is 4.82. The van der Waals surface area contributed by atoms with E-state index in [1.54, 1.807) is 27.8 Å². The fourth-order valence-electron chi connectivity index (χ4n) is 3.94. The minimum atomic E-state index is -0.637. The standard InChI is InChI=1S/C23H25FN4O3S/c1-12(2)17-11-27(13(3)4)23(31)19-21(30)20(29)16(10-28(17)19)22-26-25-18(32-22)9-14-5-7-15(24)8-6-14/h5-8,10,12-13,17,30H,9,11H2,1-4H3/t17-/m1/s1. The van der Waals surface area contributed by atoms with Gasteiger partial charge in [-0.15, -0.1) is 10.2 Å². The van der Waals surface area contributed by atoms with E-state index in [4.69, 9.17) is 0 Å². The van der Waals surface area contributed by atoms with E-state index in [9.17, 15) is 19.1 Å². The Labute approximate surface area is 189 Å². The third-order valence-electron chi connectivity index (χ3n) is 5.77. The van der Waals surface area contributed by atoms with E-state index in [0.717, 1.165) is 5.56 Å². The summed E-state index contributed by atoms with van der Waals surface area (Å²) >= 11 is 1.24. The zero-order chi connectivity index (χ0) is 23.2. The smallest absolute Gasteiger partial charge is 0.274 e. The number of hydrogen-bond donors (Lipinski definition) is 1. The molecular weight excluding hydrogens is 431 g/mol. The maximum atomic E-state index is 13.1. The van der Waals surface area contributed by atoms with Crippen LogP contribution in [0.2, 0.25) is 0 Å². The van der Waals surface area contributed by atoms with Crippen LogP contribution in [0.4, 0.5) is 4.39 Å². The van der Waals surface area contributed by atoms with Crippen molar-refractivity contribution in [3.63, 3.8) is 0 Å². The quantitative estimate of drug-likeness (QED) is 0.630. The number of halogens is 1. The van der Waals surface area contributed by atoms with Crippen LogP contribution in [0.1, 0.15) is 54.8 Å². The maximum Gasteiger partial charge on any atom is 0.274 e. The number of fused-ring (bicyclic) bond motifs is 1. The molecule has 0 unspecified atom stereocenters. The van der Waals surface area contributed by atoms with Gasteiger partial charge in [-0.05, 0) is 37.5 Å². The Hall–Kier alpha value is -3.07. The summed E-state index contributed by atoms with van der Waals surface area (Å²) in [7, 11) is 0. The first-order valence-electron chi connectivity index (χ1n) is 10.5. The molecule has 1 N–H and O–H groups in total. The van der Waals surface area contributed by atoms with Gasteiger partial charge in [0.2, 0.25) is 5.43 Å². The van der Waals surface area contributed by atoms with Crippen LogP contribution >= 0.6 is 11.3 Å². The second kappa shape index (κ2) is 8.46. The Bertz CT molecular complexity index is 1220. The minimum Gasteiger partial charge on any atom is -0.503 e. The lowest BCUT2D eigenvalue weighted by Crippen LogP contribution is -2.48. The lowest BCUT2D eigenvalue weighted by molar-refractivity contribution is 0.0568. The number of amides is 1. The van der Waals surface area contributed by atoms with Gasteiger partial charge in [0, 0.05) is 25.2 Å². The van der Waals surface area contributed by atoms with Crippen molar-refractivity contribution in [3.8, 4) is 16.3 Å². The van der Waals surface area contributed by atoms with Crippen LogP contribution in [0, 0.1) is 11.7 Å². The largest absolute Gasteiger partial charge is 0.503 e.